The number of rotatable bonds is 5. The van der Waals surface area contributed by atoms with Gasteiger partial charge in [-0.15, -0.1) is 0 Å². The van der Waals surface area contributed by atoms with Gasteiger partial charge in [-0.25, -0.2) is 0 Å². The molecule has 0 fully saturated rings. The van der Waals surface area contributed by atoms with E-state index in [9.17, 15) is 22.8 Å². The van der Waals surface area contributed by atoms with Crippen LogP contribution in [-0.2, 0) is 11.0 Å². The molecule has 0 saturated carbocycles. The highest BCUT2D eigenvalue weighted by atomic mass is 19.4. The van der Waals surface area contributed by atoms with Crippen LogP contribution in [-0.4, -0.2) is 17.9 Å². The second kappa shape index (κ2) is 8.24. The van der Waals surface area contributed by atoms with Gasteiger partial charge in [0, 0.05) is 11.3 Å². The monoisotopic (exact) mass is 378 g/mol. The lowest BCUT2D eigenvalue weighted by Crippen LogP contribution is -2.47. The summed E-state index contributed by atoms with van der Waals surface area (Å²) in [5, 5.41) is 5.10. The van der Waals surface area contributed by atoms with Gasteiger partial charge in [0.2, 0.25) is 5.91 Å². The first-order valence-electron chi connectivity index (χ1n) is 8.44. The molecule has 2 aromatic carbocycles. The summed E-state index contributed by atoms with van der Waals surface area (Å²) in [5.74, 6) is -1.26. The van der Waals surface area contributed by atoms with Gasteiger partial charge in [-0.05, 0) is 42.7 Å². The summed E-state index contributed by atoms with van der Waals surface area (Å²) in [5.41, 5.74) is -0.323. The van der Waals surface area contributed by atoms with Crippen molar-refractivity contribution in [2.75, 3.05) is 5.32 Å². The molecule has 0 radical (unpaired) electrons. The molecule has 0 aliphatic rings. The zero-order chi connectivity index (χ0) is 20.2. The Morgan fingerprint density at radius 1 is 1.00 bits per heavy atom. The predicted molar refractivity (Wildman–Crippen MR) is 97.3 cm³/mol. The first kappa shape index (κ1) is 20.5. The normalized spacial score (nSPS) is 12.6. The fourth-order valence-electron chi connectivity index (χ4n) is 2.57. The second-order valence-corrected chi connectivity index (χ2v) is 6.58. The quantitative estimate of drug-likeness (QED) is 0.810. The summed E-state index contributed by atoms with van der Waals surface area (Å²) in [4.78, 5) is 24.9. The van der Waals surface area contributed by atoms with Crippen LogP contribution in [0.3, 0.4) is 0 Å². The van der Waals surface area contributed by atoms with Crippen LogP contribution < -0.4 is 10.6 Å². The number of nitrogens with one attached hydrogen (secondary N) is 2. The van der Waals surface area contributed by atoms with Crippen LogP contribution in [0.5, 0.6) is 0 Å². The first-order chi connectivity index (χ1) is 12.6. The third-order valence-electron chi connectivity index (χ3n) is 4.08. The molecule has 0 aromatic heterocycles. The Morgan fingerprint density at radius 3 is 2.19 bits per heavy atom. The smallest absolute Gasteiger partial charge is 0.340 e. The lowest BCUT2D eigenvalue weighted by molar-refractivity contribution is -0.138. The van der Waals surface area contributed by atoms with Crippen LogP contribution in [0.25, 0.3) is 0 Å². The zero-order valence-corrected chi connectivity index (χ0v) is 15.2. The van der Waals surface area contributed by atoms with Crippen molar-refractivity contribution in [3.05, 3.63) is 65.2 Å². The van der Waals surface area contributed by atoms with Gasteiger partial charge in [0.15, 0.2) is 0 Å². The molecule has 0 bridgehead atoms. The number of hydrogen-bond acceptors (Lipinski definition) is 2. The molecule has 0 unspecified atom stereocenters. The minimum atomic E-state index is -4.51. The summed E-state index contributed by atoms with van der Waals surface area (Å²) in [6.07, 6.45) is -4.51. The number of hydrogen-bond donors (Lipinski definition) is 2. The van der Waals surface area contributed by atoms with Crippen LogP contribution in [0.2, 0.25) is 0 Å². The lowest BCUT2D eigenvalue weighted by Gasteiger charge is -2.22. The molecule has 0 heterocycles. The molecule has 144 valence electrons. The highest BCUT2D eigenvalue weighted by Crippen LogP contribution is 2.33. The molecule has 0 aliphatic heterocycles. The molecule has 2 rings (SSSR count). The third kappa shape index (κ3) is 5.32. The number of benzene rings is 2. The molecule has 0 aliphatic carbocycles. The van der Waals surface area contributed by atoms with Gasteiger partial charge in [0.25, 0.3) is 5.91 Å². The number of carbonyl (C=O) groups is 2. The number of halogens is 3. The summed E-state index contributed by atoms with van der Waals surface area (Å²) < 4.78 is 39.1. The minimum absolute atomic E-state index is 0.0255. The maximum atomic E-state index is 13.0. The van der Waals surface area contributed by atoms with Crippen molar-refractivity contribution >= 4 is 17.5 Å². The fraction of sp³-hybridized carbons (Fsp3) is 0.300. The van der Waals surface area contributed by atoms with E-state index < -0.39 is 29.6 Å². The Kier molecular flexibility index (Phi) is 6.25. The van der Waals surface area contributed by atoms with E-state index in [4.69, 9.17) is 0 Å². The standard InChI is InChI=1S/C20H21F3N2O2/c1-12(2)17(25-18(26)14-7-5-4-6-8-14)19(27)24-15-10-9-13(3)16(11-15)20(21,22)23/h4-12,17H,1-3H3,(H,24,27)(H,25,26)/t17-/m0/s1. The van der Waals surface area contributed by atoms with Crippen molar-refractivity contribution in [2.24, 2.45) is 5.92 Å². The van der Waals surface area contributed by atoms with E-state index in [1.165, 1.54) is 19.1 Å². The molecule has 0 spiro atoms. The van der Waals surface area contributed by atoms with E-state index in [2.05, 4.69) is 10.6 Å². The second-order valence-electron chi connectivity index (χ2n) is 6.58. The Hall–Kier alpha value is -2.83. The first-order valence-corrected chi connectivity index (χ1v) is 8.44. The van der Waals surface area contributed by atoms with Gasteiger partial charge in [-0.1, -0.05) is 38.1 Å². The van der Waals surface area contributed by atoms with Gasteiger partial charge in [-0.2, -0.15) is 13.2 Å². The Morgan fingerprint density at radius 2 is 1.63 bits per heavy atom. The maximum absolute atomic E-state index is 13.0. The van der Waals surface area contributed by atoms with Gasteiger partial charge in [0.05, 0.1) is 5.56 Å². The number of amides is 2. The van der Waals surface area contributed by atoms with Crippen LogP contribution in [0.4, 0.5) is 18.9 Å². The summed E-state index contributed by atoms with van der Waals surface area (Å²) in [7, 11) is 0. The summed E-state index contributed by atoms with van der Waals surface area (Å²) in [6, 6.07) is 11.1. The van der Waals surface area contributed by atoms with Crippen molar-refractivity contribution in [1.82, 2.24) is 5.32 Å². The lowest BCUT2D eigenvalue weighted by atomic mass is 10.0. The van der Waals surface area contributed by atoms with Crippen LogP contribution in [0.15, 0.2) is 48.5 Å². The topological polar surface area (TPSA) is 58.2 Å². The number of aryl methyl sites for hydroxylation is 1. The molecule has 27 heavy (non-hydrogen) atoms. The minimum Gasteiger partial charge on any atom is -0.340 e. The van der Waals surface area contributed by atoms with E-state index in [1.54, 1.807) is 44.2 Å². The molecule has 2 N–H and O–H groups in total. The number of anilines is 1. The third-order valence-corrected chi connectivity index (χ3v) is 4.08. The van der Waals surface area contributed by atoms with Crippen molar-refractivity contribution < 1.29 is 22.8 Å². The van der Waals surface area contributed by atoms with Crippen LogP contribution in [0, 0.1) is 12.8 Å². The Bertz CT molecular complexity index is 818. The predicted octanol–water partition coefficient (Wildman–Crippen LogP) is 4.41. The number of alkyl halides is 3. The van der Waals surface area contributed by atoms with Gasteiger partial charge in [-0.3, -0.25) is 9.59 Å². The highest BCUT2D eigenvalue weighted by Gasteiger charge is 2.33. The van der Waals surface area contributed by atoms with Crippen molar-refractivity contribution in [2.45, 2.75) is 33.0 Å². The average molecular weight is 378 g/mol. The molecule has 2 amide bonds. The maximum Gasteiger partial charge on any atom is 0.416 e. The molecule has 7 heteroatoms. The van der Waals surface area contributed by atoms with Gasteiger partial charge < -0.3 is 10.6 Å². The van der Waals surface area contributed by atoms with Crippen molar-refractivity contribution in [1.29, 1.82) is 0 Å². The average Bonchev–Trinajstić information content (AvgIpc) is 2.60. The van der Waals surface area contributed by atoms with Crippen molar-refractivity contribution in [3.63, 3.8) is 0 Å². The molecule has 0 saturated heterocycles. The van der Waals surface area contributed by atoms with E-state index in [0.717, 1.165) is 6.07 Å². The zero-order valence-electron chi connectivity index (χ0n) is 15.2. The SMILES string of the molecule is Cc1ccc(NC(=O)[C@@H](NC(=O)c2ccccc2)C(C)C)cc1C(F)(F)F. The Labute approximate surface area is 155 Å². The van der Waals surface area contributed by atoms with E-state index in [1.807, 2.05) is 0 Å². The highest BCUT2D eigenvalue weighted by molar-refractivity contribution is 6.01. The molecular weight excluding hydrogens is 357 g/mol. The van der Waals surface area contributed by atoms with E-state index in [0.29, 0.717) is 5.56 Å². The van der Waals surface area contributed by atoms with Gasteiger partial charge >= 0.3 is 6.18 Å². The van der Waals surface area contributed by atoms with Crippen LogP contribution >= 0.6 is 0 Å². The summed E-state index contributed by atoms with van der Waals surface area (Å²) in [6.45, 7) is 4.84. The van der Waals surface area contributed by atoms with E-state index >= 15 is 0 Å². The fourth-order valence-corrected chi connectivity index (χ4v) is 2.57. The molecule has 1 atom stereocenters. The summed E-state index contributed by atoms with van der Waals surface area (Å²) >= 11 is 0. The molecule has 2 aromatic rings. The number of carbonyl (C=O) groups excluding carboxylic acids is 2. The van der Waals surface area contributed by atoms with Crippen molar-refractivity contribution in [3.8, 4) is 0 Å². The van der Waals surface area contributed by atoms with Gasteiger partial charge in [0.1, 0.15) is 6.04 Å². The molecule has 4 nitrogen and oxygen atoms in total. The largest absolute Gasteiger partial charge is 0.416 e. The van der Waals surface area contributed by atoms with Crippen LogP contribution in [0.1, 0.15) is 35.3 Å². The Balaban J connectivity index is 2.17. The van der Waals surface area contributed by atoms with E-state index in [-0.39, 0.29) is 17.2 Å². The molecular formula is C20H21F3N2O2.